The summed E-state index contributed by atoms with van der Waals surface area (Å²) in [5.74, 6) is 0.0980. The molecule has 20 heavy (non-hydrogen) atoms. The molecule has 0 N–H and O–H groups in total. The van der Waals surface area contributed by atoms with Crippen molar-refractivity contribution in [2.45, 2.75) is 56.2 Å². The highest BCUT2D eigenvalue weighted by Gasteiger charge is 2.62. The predicted octanol–water partition coefficient (Wildman–Crippen LogP) is 3.11. The Kier molecular flexibility index (Phi) is 2.93. The zero-order valence-corrected chi connectivity index (χ0v) is 11.7. The quantitative estimate of drug-likeness (QED) is 0.779. The molecule has 3 saturated heterocycles. The molecule has 4 fully saturated rings. The molecule has 1 spiro atoms. The van der Waals surface area contributed by atoms with E-state index in [4.69, 9.17) is 23.7 Å². The molecule has 0 amide bonds. The van der Waals surface area contributed by atoms with Gasteiger partial charge in [0.05, 0.1) is 6.26 Å². The number of hydrogen-bond donors (Lipinski definition) is 0. The largest absolute Gasteiger partial charge is 0.464 e. The first-order chi connectivity index (χ1) is 9.79. The lowest BCUT2D eigenvalue weighted by molar-refractivity contribution is -0.561. The molecule has 4 atom stereocenters. The van der Waals surface area contributed by atoms with Crippen molar-refractivity contribution in [3.05, 3.63) is 24.2 Å². The molecule has 3 aliphatic heterocycles. The molecule has 1 unspecified atom stereocenters. The smallest absolute Gasteiger partial charge is 0.262 e. The van der Waals surface area contributed by atoms with E-state index in [1.807, 2.05) is 12.1 Å². The lowest BCUT2D eigenvalue weighted by Crippen LogP contribution is -2.59. The number of hydrogen-bond acceptors (Lipinski definition) is 5. The van der Waals surface area contributed by atoms with Crippen molar-refractivity contribution >= 4 is 0 Å². The van der Waals surface area contributed by atoms with Gasteiger partial charge in [0.2, 0.25) is 0 Å². The van der Waals surface area contributed by atoms with E-state index >= 15 is 0 Å². The van der Waals surface area contributed by atoms with Gasteiger partial charge in [0, 0.05) is 13.5 Å². The number of furan rings is 1. The number of methoxy groups -OCH3 is 1. The van der Waals surface area contributed by atoms with Crippen LogP contribution in [0, 0.1) is 5.92 Å². The van der Waals surface area contributed by atoms with E-state index < -0.39 is 17.7 Å². The van der Waals surface area contributed by atoms with Crippen molar-refractivity contribution in [2.75, 3.05) is 7.11 Å². The van der Waals surface area contributed by atoms with Crippen molar-refractivity contribution < 1.29 is 23.7 Å². The monoisotopic (exact) mass is 280 g/mol. The Morgan fingerprint density at radius 3 is 2.95 bits per heavy atom. The van der Waals surface area contributed by atoms with E-state index in [1.54, 1.807) is 13.4 Å². The maximum Gasteiger partial charge on any atom is 0.262 e. The summed E-state index contributed by atoms with van der Waals surface area (Å²) >= 11 is 0. The fourth-order valence-corrected chi connectivity index (χ4v) is 3.96. The molecule has 4 aliphatic rings. The summed E-state index contributed by atoms with van der Waals surface area (Å²) in [5, 5.41) is 0. The van der Waals surface area contributed by atoms with Gasteiger partial charge in [0.1, 0.15) is 0 Å². The van der Waals surface area contributed by atoms with Gasteiger partial charge in [0.15, 0.2) is 17.7 Å². The first-order valence-electron chi connectivity index (χ1n) is 7.40. The average Bonchev–Trinajstić information content (AvgIpc) is 2.93. The topological polar surface area (TPSA) is 50.1 Å². The van der Waals surface area contributed by atoms with Gasteiger partial charge < -0.3 is 13.9 Å². The molecule has 1 aliphatic carbocycles. The summed E-state index contributed by atoms with van der Waals surface area (Å²) in [6, 6.07) is 3.70. The van der Waals surface area contributed by atoms with Gasteiger partial charge in [-0.25, -0.2) is 4.89 Å². The maximum atomic E-state index is 6.19. The van der Waals surface area contributed by atoms with Crippen LogP contribution in [-0.4, -0.2) is 19.0 Å². The van der Waals surface area contributed by atoms with Crippen molar-refractivity contribution in [3.63, 3.8) is 0 Å². The highest BCUT2D eigenvalue weighted by molar-refractivity contribution is 5.10. The number of ether oxygens (including phenoxy) is 2. The van der Waals surface area contributed by atoms with Gasteiger partial charge in [-0.15, -0.1) is 0 Å². The Hall–Kier alpha value is -0.880. The summed E-state index contributed by atoms with van der Waals surface area (Å²) in [5.41, 5.74) is -0.459. The van der Waals surface area contributed by atoms with Crippen molar-refractivity contribution in [3.8, 4) is 0 Å². The van der Waals surface area contributed by atoms with Crippen LogP contribution in [0.3, 0.4) is 0 Å². The van der Waals surface area contributed by atoms with Gasteiger partial charge in [-0.05, 0) is 37.3 Å². The van der Waals surface area contributed by atoms with Crippen LogP contribution in [0.4, 0.5) is 0 Å². The van der Waals surface area contributed by atoms with Crippen LogP contribution in [-0.2, 0) is 25.0 Å². The summed E-state index contributed by atoms with van der Waals surface area (Å²) in [7, 11) is 1.67. The Morgan fingerprint density at radius 1 is 1.20 bits per heavy atom. The minimum atomic E-state index is -0.966. The standard InChI is InChI=1S/C15H20O5/c1-16-13-14-8-3-2-5-11(14)7-9-15(18-13,20-19-14)12-6-4-10-17-12/h4,6,10-11,13H,2-3,5,7-9H2,1H3/t11-,13-,14?,15-/m1/s1. The number of fused-ring (bicyclic) bond motifs is 3. The van der Waals surface area contributed by atoms with Crippen molar-refractivity contribution in [2.24, 2.45) is 5.92 Å². The molecular formula is C15H20O5. The van der Waals surface area contributed by atoms with Gasteiger partial charge in [-0.2, -0.15) is 4.89 Å². The summed E-state index contributed by atoms with van der Waals surface area (Å²) < 4.78 is 17.3. The van der Waals surface area contributed by atoms with Crippen molar-refractivity contribution in [1.82, 2.24) is 0 Å². The Labute approximate surface area is 118 Å². The van der Waals surface area contributed by atoms with E-state index in [2.05, 4.69) is 0 Å². The third-order valence-electron chi connectivity index (χ3n) is 5.02. The van der Waals surface area contributed by atoms with Crippen LogP contribution in [0.15, 0.2) is 22.8 Å². The van der Waals surface area contributed by atoms with E-state index in [0.717, 1.165) is 32.1 Å². The Morgan fingerprint density at radius 2 is 2.15 bits per heavy atom. The van der Waals surface area contributed by atoms with E-state index in [1.165, 1.54) is 6.42 Å². The van der Waals surface area contributed by atoms with E-state index in [9.17, 15) is 0 Å². The molecular weight excluding hydrogens is 260 g/mol. The van der Waals surface area contributed by atoms with Crippen LogP contribution < -0.4 is 0 Å². The molecule has 5 rings (SSSR count). The predicted molar refractivity (Wildman–Crippen MR) is 68.4 cm³/mol. The van der Waals surface area contributed by atoms with Gasteiger partial charge in [-0.1, -0.05) is 12.8 Å². The first kappa shape index (κ1) is 12.8. The van der Waals surface area contributed by atoms with Crippen LogP contribution >= 0.6 is 0 Å². The second kappa shape index (κ2) is 4.56. The highest BCUT2D eigenvalue weighted by Crippen LogP contribution is 2.55. The summed E-state index contributed by atoms with van der Waals surface area (Å²) in [6.07, 6.45) is 7.37. The van der Waals surface area contributed by atoms with E-state index in [0.29, 0.717) is 11.7 Å². The third-order valence-corrected chi connectivity index (χ3v) is 5.02. The SMILES string of the molecule is CO[C@@H]1O[C@]2(c3ccco3)CC[C@H]3CCCCC31OO2. The molecule has 1 saturated carbocycles. The molecule has 5 heteroatoms. The van der Waals surface area contributed by atoms with Crippen LogP contribution in [0.25, 0.3) is 0 Å². The molecule has 1 aromatic rings. The zero-order valence-electron chi connectivity index (χ0n) is 11.7. The lowest BCUT2D eigenvalue weighted by Gasteiger charge is -2.49. The maximum absolute atomic E-state index is 6.19. The molecule has 4 heterocycles. The number of rotatable bonds is 2. The first-order valence-corrected chi connectivity index (χ1v) is 7.40. The summed E-state index contributed by atoms with van der Waals surface area (Å²) in [6.45, 7) is 0. The second-order valence-electron chi connectivity index (χ2n) is 6.02. The molecule has 0 aromatic carbocycles. The van der Waals surface area contributed by atoms with Gasteiger partial charge in [-0.3, -0.25) is 0 Å². The third kappa shape index (κ3) is 1.64. The van der Waals surface area contributed by atoms with Crippen LogP contribution in [0.2, 0.25) is 0 Å². The molecule has 0 radical (unpaired) electrons. The second-order valence-corrected chi connectivity index (χ2v) is 6.02. The molecule has 110 valence electrons. The summed E-state index contributed by atoms with van der Waals surface area (Å²) in [4.78, 5) is 11.6. The van der Waals surface area contributed by atoms with Gasteiger partial charge in [0.25, 0.3) is 5.79 Å². The minimum absolute atomic E-state index is 0.408. The normalized spacial score (nSPS) is 44.0. The Bertz CT molecular complexity index is 469. The minimum Gasteiger partial charge on any atom is -0.464 e. The molecule has 2 bridgehead atoms. The fourth-order valence-electron chi connectivity index (χ4n) is 3.96. The Balaban J connectivity index is 1.74. The van der Waals surface area contributed by atoms with E-state index in [-0.39, 0.29) is 0 Å². The molecule has 1 aromatic heterocycles. The highest BCUT2D eigenvalue weighted by atomic mass is 17.3. The fraction of sp³-hybridized carbons (Fsp3) is 0.733. The zero-order chi connectivity index (χ0) is 13.6. The molecule has 5 nitrogen and oxygen atoms in total. The average molecular weight is 280 g/mol. The van der Waals surface area contributed by atoms with Crippen LogP contribution in [0.5, 0.6) is 0 Å². The van der Waals surface area contributed by atoms with Crippen molar-refractivity contribution in [1.29, 1.82) is 0 Å². The van der Waals surface area contributed by atoms with Crippen LogP contribution in [0.1, 0.15) is 44.3 Å². The lowest BCUT2D eigenvalue weighted by atomic mass is 9.73. The van der Waals surface area contributed by atoms with Gasteiger partial charge >= 0.3 is 0 Å².